The molecule has 7 heteroatoms. The molecule has 0 spiro atoms. The highest BCUT2D eigenvalue weighted by molar-refractivity contribution is 5.89. The second-order valence-corrected chi connectivity index (χ2v) is 3.45. The Kier molecular flexibility index (Phi) is 3.13. The summed E-state index contributed by atoms with van der Waals surface area (Å²) < 4.78 is 9.46. The van der Waals surface area contributed by atoms with Crippen molar-refractivity contribution in [2.75, 3.05) is 12.4 Å². The quantitative estimate of drug-likeness (QED) is 0.623. The second kappa shape index (κ2) is 4.74. The predicted octanol–water partition coefficient (Wildman–Crippen LogP) is 1.67. The summed E-state index contributed by atoms with van der Waals surface area (Å²) in [6.45, 7) is 1.30. The van der Waals surface area contributed by atoms with Gasteiger partial charge >= 0.3 is 12.1 Å². The minimum absolute atomic E-state index is 0.219. The van der Waals surface area contributed by atoms with Gasteiger partial charge in [0.05, 0.1) is 12.6 Å². The monoisotopic (exact) mass is 249 g/mol. The molecule has 0 atom stereocenters. The zero-order valence-corrected chi connectivity index (χ0v) is 9.81. The number of imidazole rings is 1. The van der Waals surface area contributed by atoms with Gasteiger partial charge in [-0.3, -0.25) is 10.1 Å². The van der Waals surface area contributed by atoms with Crippen molar-refractivity contribution in [3.8, 4) is 5.75 Å². The van der Waals surface area contributed by atoms with Crippen molar-refractivity contribution in [2.45, 2.75) is 6.92 Å². The number of rotatable bonds is 2. The van der Waals surface area contributed by atoms with E-state index in [-0.39, 0.29) is 5.95 Å². The van der Waals surface area contributed by atoms with Crippen molar-refractivity contribution in [3.63, 3.8) is 0 Å². The molecule has 2 aromatic rings. The van der Waals surface area contributed by atoms with Crippen molar-refractivity contribution >= 4 is 29.0 Å². The SMILES string of the molecule is COC(=O)Nc1nc2c(OC(C)=O)cccc2[nH]1. The first-order valence-electron chi connectivity index (χ1n) is 5.12. The highest BCUT2D eigenvalue weighted by Crippen LogP contribution is 2.25. The van der Waals surface area contributed by atoms with Crippen LogP contribution in [0.3, 0.4) is 0 Å². The third-order valence-electron chi connectivity index (χ3n) is 2.14. The number of aromatic amines is 1. The Hall–Kier alpha value is -2.57. The van der Waals surface area contributed by atoms with Gasteiger partial charge in [0.15, 0.2) is 5.75 Å². The van der Waals surface area contributed by atoms with Crippen molar-refractivity contribution in [1.82, 2.24) is 9.97 Å². The topological polar surface area (TPSA) is 93.3 Å². The largest absolute Gasteiger partial charge is 0.453 e. The van der Waals surface area contributed by atoms with Gasteiger partial charge in [0.2, 0.25) is 5.95 Å². The van der Waals surface area contributed by atoms with Gasteiger partial charge in [-0.1, -0.05) is 6.07 Å². The molecule has 0 radical (unpaired) electrons. The number of H-pyrrole nitrogens is 1. The maximum Gasteiger partial charge on any atom is 0.413 e. The van der Waals surface area contributed by atoms with Crippen LogP contribution in [0.2, 0.25) is 0 Å². The Bertz CT molecular complexity index is 605. The molecule has 1 amide bonds. The smallest absolute Gasteiger partial charge is 0.413 e. The fourth-order valence-electron chi connectivity index (χ4n) is 1.45. The highest BCUT2D eigenvalue weighted by atomic mass is 16.5. The van der Waals surface area contributed by atoms with Crippen LogP contribution >= 0.6 is 0 Å². The first-order chi connectivity index (χ1) is 8.60. The number of amides is 1. The summed E-state index contributed by atoms with van der Waals surface area (Å²) in [7, 11) is 1.25. The summed E-state index contributed by atoms with van der Waals surface area (Å²) in [6, 6.07) is 5.07. The molecule has 0 fully saturated rings. The fourth-order valence-corrected chi connectivity index (χ4v) is 1.45. The van der Waals surface area contributed by atoms with Gasteiger partial charge in [0.25, 0.3) is 0 Å². The van der Waals surface area contributed by atoms with Crippen LogP contribution in [0.4, 0.5) is 10.7 Å². The van der Waals surface area contributed by atoms with E-state index in [4.69, 9.17) is 4.74 Å². The summed E-state index contributed by atoms with van der Waals surface area (Å²) in [5, 5.41) is 2.39. The Balaban J connectivity index is 2.37. The van der Waals surface area contributed by atoms with Crippen LogP contribution in [-0.4, -0.2) is 29.1 Å². The molecule has 0 saturated carbocycles. The molecule has 18 heavy (non-hydrogen) atoms. The number of methoxy groups -OCH3 is 1. The molecule has 1 aromatic heterocycles. The first kappa shape index (κ1) is 11.9. The number of nitrogens with zero attached hydrogens (tertiary/aromatic N) is 1. The minimum Gasteiger partial charge on any atom is -0.453 e. The van der Waals surface area contributed by atoms with Crippen LogP contribution in [0.15, 0.2) is 18.2 Å². The number of ether oxygens (including phenoxy) is 2. The van der Waals surface area contributed by atoms with E-state index < -0.39 is 12.1 Å². The normalized spacial score (nSPS) is 10.1. The van der Waals surface area contributed by atoms with Gasteiger partial charge < -0.3 is 14.5 Å². The van der Waals surface area contributed by atoms with E-state index in [1.807, 2.05) is 0 Å². The molecule has 0 aliphatic rings. The first-order valence-corrected chi connectivity index (χ1v) is 5.12. The highest BCUT2D eigenvalue weighted by Gasteiger charge is 2.11. The number of para-hydroxylation sites is 1. The van der Waals surface area contributed by atoms with Crippen molar-refractivity contribution in [1.29, 1.82) is 0 Å². The number of benzene rings is 1. The van der Waals surface area contributed by atoms with Gasteiger partial charge in [0.1, 0.15) is 5.52 Å². The number of carbonyl (C=O) groups excluding carboxylic acids is 2. The number of carbonyl (C=O) groups is 2. The van der Waals surface area contributed by atoms with Crippen LogP contribution in [0.5, 0.6) is 5.75 Å². The van der Waals surface area contributed by atoms with Crippen molar-refractivity contribution in [2.24, 2.45) is 0 Å². The molecule has 0 saturated heterocycles. The lowest BCUT2D eigenvalue weighted by molar-refractivity contribution is -0.131. The van der Waals surface area contributed by atoms with Crippen molar-refractivity contribution < 1.29 is 19.1 Å². The number of esters is 1. The van der Waals surface area contributed by atoms with E-state index in [2.05, 4.69) is 20.0 Å². The molecule has 2 rings (SSSR count). The van der Waals surface area contributed by atoms with Gasteiger partial charge in [-0.25, -0.2) is 9.78 Å². The fraction of sp³-hybridized carbons (Fsp3) is 0.182. The molecule has 0 bridgehead atoms. The van der Waals surface area contributed by atoms with Crippen LogP contribution < -0.4 is 10.1 Å². The number of aromatic nitrogens is 2. The van der Waals surface area contributed by atoms with E-state index in [9.17, 15) is 9.59 Å². The third-order valence-corrected chi connectivity index (χ3v) is 2.14. The standard InChI is InChI=1S/C11H11N3O4/c1-6(15)18-8-5-3-4-7-9(8)13-10(12-7)14-11(16)17-2/h3-5H,1-2H3,(H2,12,13,14,16). The maximum absolute atomic E-state index is 11.0. The zero-order valence-electron chi connectivity index (χ0n) is 9.81. The molecule has 0 aliphatic heterocycles. The number of hydrogen-bond donors (Lipinski definition) is 2. The van der Waals surface area contributed by atoms with E-state index in [1.54, 1.807) is 18.2 Å². The molecular weight excluding hydrogens is 238 g/mol. The molecule has 1 aromatic carbocycles. The number of nitrogens with one attached hydrogen (secondary N) is 2. The summed E-state index contributed by atoms with van der Waals surface area (Å²) in [5.74, 6) is 0.110. The second-order valence-electron chi connectivity index (χ2n) is 3.45. The van der Waals surface area contributed by atoms with E-state index in [0.717, 1.165) is 0 Å². The van der Waals surface area contributed by atoms with Crippen LogP contribution in [0.1, 0.15) is 6.92 Å². The number of anilines is 1. The molecular formula is C11H11N3O4. The Morgan fingerprint density at radius 1 is 1.39 bits per heavy atom. The molecule has 1 heterocycles. The van der Waals surface area contributed by atoms with Crippen LogP contribution in [-0.2, 0) is 9.53 Å². The number of fused-ring (bicyclic) bond motifs is 1. The van der Waals surface area contributed by atoms with Crippen LogP contribution in [0.25, 0.3) is 11.0 Å². The van der Waals surface area contributed by atoms with E-state index >= 15 is 0 Å². The summed E-state index contributed by atoms with van der Waals surface area (Å²) in [6.07, 6.45) is -0.636. The average molecular weight is 249 g/mol. The van der Waals surface area contributed by atoms with Gasteiger partial charge in [-0.15, -0.1) is 0 Å². The van der Waals surface area contributed by atoms with Gasteiger partial charge in [-0.05, 0) is 12.1 Å². The lowest BCUT2D eigenvalue weighted by Gasteiger charge is -2.00. The molecule has 0 unspecified atom stereocenters. The maximum atomic E-state index is 11.0. The Morgan fingerprint density at radius 2 is 2.17 bits per heavy atom. The minimum atomic E-state index is -0.636. The molecule has 7 nitrogen and oxygen atoms in total. The van der Waals surface area contributed by atoms with E-state index in [1.165, 1.54) is 14.0 Å². The zero-order chi connectivity index (χ0) is 13.1. The van der Waals surface area contributed by atoms with Crippen molar-refractivity contribution in [3.05, 3.63) is 18.2 Å². The predicted molar refractivity (Wildman–Crippen MR) is 63.4 cm³/mol. The van der Waals surface area contributed by atoms with Gasteiger partial charge in [0, 0.05) is 6.92 Å². The molecule has 2 N–H and O–H groups in total. The lowest BCUT2D eigenvalue weighted by Crippen LogP contribution is -2.11. The summed E-state index contributed by atoms with van der Waals surface area (Å²) >= 11 is 0. The molecule has 0 aliphatic carbocycles. The average Bonchev–Trinajstić information content (AvgIpc) is 2.71. The third kappa shape index (κ3) is 2.40. The summed E-state index contributed by atoms with van der Waals surface area (Å²) in [4.78, 5) is 28.9. The number of hydrogen-bond acceptors (Lipinski definition) is 5. The van der Waals surface area contributed by atoms with Gasteiger partial charge in [-0.2, -0.15) is 0 Å². The molecule has 94 valence electrons. The summed E-state index contributed by atoms with van der Waals surface area (Å²) in [5.41, 5.74) is 1.10. The Labute approximate surface area is 102 Å². The lowest BCUT2D eigenvalue weighted by atomic mass is 10.3. The van der Waals surface area contributed by atoms with Crippen LogP contribution in [0, 0.1) is 0 Å². The van der Waals surface area contributed by atoms with E-state index in [0.29, 0.717) is 16.8 Å². The Morgan fingerprint density at radius 3 is 2.83 bits per heavy atom.